The number of benzene rings is 2. The number of hydrogen-bond donors (Lipinski definition) is 2. The van der Waals surface area contributed by atoms with E-state index in [0.29, 0.717) is 17.9 Å². The van der Waals surface area contributed by atoms with E-state index in [1.165, 1.54) is 30.4 Å². The molecular weight excluding hydrogens is 507 g/mol. The molecular formula is C34H58ClO2P. The highest BCUT2D eigenvalue weighted by atomic mass is 35.5. The van der Waals surface area contributed by atoms with Gasteiger partial charge >= 0.3 is 0 Å². The van der Waals surface area contributed by atoms with Crippen LogP contribution in [-0.2, 0) is 28.1 Å². The fraction of sp³-hybridized carbons (Fsp3) is 0.647. The molecule has 0 aliphatic rings. The minimum atomic E-state index is -0.175. The fourth-order valence-corrected chi connectivity index (χ4v) is 4.41. The molecule has 0 aliphatic carbocycles. The van der Waals surface area contributed by atoms with Gasteiger partial charge in [-0.15, -0.1) is 11.6 Å². The Kier molecular flexibility index (Phi) is 13.4. The van der Waals surface area contributed by atoms with Crippen LogP contribution in [0.15, 0.2) is 24.3 Å². The summed E-state index contributed by atoms with van der Waals surface area (Å²) in [7, 11) is 0. The zero-order chi connectivity index (χ0) is 29.0. The van der Waals surface area contributed by atoms with Crippen molar-refractivity contribution in [3.05, 3.63) is 57.6 Å². The van der Waals surface area contributed by atoms with Crippen LogP contribution in [0.4, 0.5) is 0 Å². The van der Waals surface area contributed by atoms with Crippen LogP contribution < -0.4 is 0 Å². The Morgan fingerprint density at radius 3 is 1.13 bits per heavy atom. The van der Waals surface area contributed by atoms with Crippen molar-refractivity contribution in [2.45, 2.75) is 137 Å². The second-order valence-electron chi connectivity index (χ2n) is 14.6. The molecule has 0 bridgehead atoms. The summed E-state index contributed by atoms with van der Waals surface area (Å²) in [5, 5.41) is 22.5. The third-order valence-corrected chi connectivity index (χ3v) is 7.11. The summed E-state index contributed by atoms with van der Waals surface area (Å²) in [6.45, 7) is 28.2. The third kappa shape index (κ3) is 10.4. The summed E-state index contributed by atoms with van der Waals surface area (Å²) in [5.74, 6) is 1.52. The van der Waals surface area contributed by atoms with E-state index >= 15 is 0 Å². The molecule has 1 unspecified atom stereocenters. The van der Waals surface area contributed by atoms with Crippen LogP contribution in [0.25, 0.3) is 0 Å². The molecule has 0 aliphatic heterocycles. The number of rotatable bonds is 5. The van der Waals surface area contributed by atoms with E-state index in [1.54, 1.807) is 0 Å². The molecule has 38 heavy (non-hydrogen) atoms. The fourth-order valence-electron chi connectivity index (χ4n) is 4.22. The Morgan fingerprint density at radius 1 is 0.579 bits per heavy atom. The lowest BCUT2D eigenvalue weighted by atomic mass is 9.76. The van der Waals surface area contributed by atoms with Crippen molar-refractivity contribution in [2.24, 2.45) is 0 Å². The SMILES string of the molecule is CC(C)(C)c1cc(Cc2cc(C(C)(C)C)cc(C(C)(C)C)c2O)c(O)c(C(C)(C)C)c1.CCCCCCl.P. The van der Waals surface area contributed by atoms with Crippen LogP contribution in [0.2, 0.25) is 0 Å². The Bertz CT molecular complexity index is 945. The van der Waals surface area contributed by atoms with Crippen LogP contribution in [0.5, 0.6) is 11.5 Å². The zero-order valence-corrected chi connectivity index (χ0v) is 29.0. The predicted molar refractivity (Wildman–Crippen MR) is 175 cm³/mol. The molecule has 2 aromatic carbocycles. The van der Waals surface area contributed by atoms with E-state index < -0.39 is 0 Å². The van der Waals surface area contributed by atoms with Gasteiger partial charge in [0.25, 0.3) is 0 Å². The predicted octanol–water partition coefficient (Wildman–Crippen LogP) is 10.4. The quantitative estimate of drug-likeness (QED) is 0.215. The summed E-state index contributed by atoms with van der Waals surface area (Å²) < 4.78 is 0. The highest BCUT2D eigenvalue weighted by molar-refractivity contribution is 6.92. The van der Waals surface area contributed by atoms with Crippen molar-refractivity contribution in [3.8, 4) is 11.5 Å². The van der Waals surface area contributed by atoms with Crippen molar-refractivity contribution >= 4 is 21.5 Å². The minimum absolute atomic E-state index is 0. The van der Waals surface area contributed by atoms with Crippen molar-refractivity contribution < 1.29 is 10.2 Å². The lowest BCUT2D eigenvalue weighted by Gasteiger charge is -2.29. The summed E-state index contributed by atoms with van der Waals surface area (Å²) in [6, 6.07) is 8.52. The molecule has 0 fully saturated rings. The van der Waals surface area contributed by atoms with E-state index in [0.717, 1.165) is 28.1 Å². The molecule has 0 saturated heterocycles. The normalized spacial score (nSPS) is 12.5. The van der Waals surface area contributed by atoms with Crippen LogP contribution in [0, 0.1) is 0 Å². The monoisotopic (exact) mass is 564 g/mol. The highest BCUT2D eigenvalue weighted by Gasteiger charge is 2.28. The number of halogens is 1. The number of aromatic hydroxyl groups is 2. The molecule has 4 heteroatoms. The standard InChI is InChI=1S/C29H44O2.C5H11Cl.H3P/c1-26(2,3)20-14-18(24(30)22(16-20)28(7,8)9)13-19-15-21(27(4,5)6)17-23(25(19)31)29(10,11)12;1-2-3-4-5-6;/h14-17,30-31H,13H2,1-12H3;2-5H2,1H3;1H3. The third-order valence-electron chi connectivity index (χ3n) is 6.84. The van der Waals surface area contributed by atoms with Crippen molar-refractivity contribution in [3.63, 3.8) is 0 Å². The van der Waals surface area contributed by atoms with Gasteiger partial charge in [-0.2, -0.15) is 9.90 Å². The Morgan fingerprint density at radius 2 is 0.921 bits per heavy atom. The summed E-state index contributed by atoms with van der Waals surface area (Å²) in [5.41, 5.74) is 5.65. The van der Waals surface area contributed by atoms with Crippen molar-refractivity contribution in [2.75, 3.05) is 5.88 Å². The van der Waals surface area contributed by atoms with Gasteiger partial charge in [-0.25, -0.2) is 0 Å². The van der Waals surface area contributed by atoms with E-state index in [-0.39, 0.29) is 31.6 Å². The topological polar surface area (TPSA) is 40.5 Å². The minimum Gasteiger partial charge on any atom is -0.507 e. The lowest BCUT2D eigenvalue weighted by molar-refractivity contribution is 0.433. The summed E-state index contributed by atoms with van der Waals surface area (Å²) in [6.07, 6.45) is 4.23. The van der Waals surface area contributed by atoms with Gasteiger partial charge in [0, 0.05) is 12.3 Å². The maximum atomic E-state index is 11.2. The van der Waals surface area contributed by atoms with Gasteiger partial charge in [0.15, 0.2) is 0 Å². The van der Waals surface area contributed by atoms with Crippen molar-refractivity contribution in [1.82, 2.24) is 0 Å². The molecule has 218 valence electrons. The average molecular weight is 565 g/mol. The highest BCUT2D eigenvalue weighted by Crippen LogP contribution is 2.42. The van der Waals surface area contributed by atoms with Gasteiger partial charge in [0.05, 0.1) is 0 Å². The second kappa shape index (κ2) is 13.9. The molecule has 2 N–H and O–H groups in total. The van der Waals surface area contributed by atoms with Crippen LogP contribution in [-0.4, -0.2) is 16.1 Å². The second-order valence-corrected chi connectivity index (χ2v) is 15.0. The molecule has 0 saturated carbocycles. The first-order valence-electron chi connectivity index (χ1n) is 13.9. The Balaban J connectivity index is 0.00000175. The Hall–Kier alpha value is -1.24. The maximum absolute atomic E-state index is 11.2. The van der Waals surface area contributed by atoms with Crippen LogP contribution in [0.3, 0.4) is 0 Å². The van der Waals surface area contributed by atoms with Gasteiger partial charge < -0.3 is 10.2 Å². The molecule has 0 amide bonds. The van der Waals surface area contributed by atoms with Gasteiger partial charge in [0.1, 0.15) is 11.5 Å². The maximum Gasteiger partial charge on any atom is 0.122 e. The van der Waals surface area contributed by atoms with Crippen molar-refractivity contribution in [1.29, 1.82) is 0 Å². The molecule has 1 atom stereocenters. The number of phenolic OH excluding ortho intramolecular Hbond substituents is 2. The average Bonchev–Trinajstić information content (AvgIpc) is 2.72. The first kappa shape index (κ1) is 36.8. The molecule has 2 rings (SSSR count). The summed E-state index contributed by atoms with van der Waals surface area (Å²) >= 11 is 5.38. The van der Waals surface area contributed by atoms with Gasteiger partial charge in [-0.05, 0) is 61.5 Å². The van der Waals surface area contributed by atoms with E-state index in [2.05, 4.69) is 114 Å². The van der Waals surface area contributed by atoms with Gasteiger partial charge in [-0.1, -0.05) is 127 Å². The molecule has 2 aromatic rings. The first-order chi connectivity index (χ1) is 16.6. The molecule has 2 nitrogen and oxygen atoms in total. The Labute approximate surface area is 243 Å². The first-order valence-corrected chi connectivity index (χ1v) is 14.5. The number of phenols is 2. The van der Waals surface area contributed by atoms with E-state index in [4.69, 9.17) is 11.6 Å². The molecule has 0 spiro atoms. The lowest BCUT2D eigenvalue weighted by Crippen LogP contribution is -2.18. The molecule has 0 aromatic heterocycles. The van der Waals surface area contributed by atoms with Crippen LogP contribution in [0.1, 0.15) is 143 Å². The summed E-state index contributed by atoms with van der Waals surface area (Å²) in [4.78, 5) is 0. The molecule has 0 heterocycles. The smallest absolute Gasteiger partial charge is 0.122 e. The van der Waals surface area contributed by atoms with Gasteiger partial charge in [0.2, 0.25) is 0 Å². The number of alkyl halides is 1. The zero-order valence-electron chi connectivity index (χ0n) is 26.8. The van der Waals surface area contributed by atoms with Gasteiger partial charge in [-0.3, -0.25) is 0 Å². The number of hydrogen-bond acceptors (Lipinski definition) is 2. The molecule has 0 radical (unpaired) electrons. The van der Waals surface area contributed by atoms with E-state index in [1.807, 2.05) is 0 Å². The van der Waals surface area contributed by atoms with E-state index in [9.17, 15) is 10.2 Å². The number of unbranched alkanes of at least 4 members (excludes halogenated alkanes) is 2. The van der Waals surface area contributed by atoms with Crippen LogP contribution >= 0.6 is 21.5 Å². The largest absolute Gasteiger partial charge is 0.507 e.